The van der Waals surface area contributed by atoms with Gasteiger partial charge < -0.3 is 10.3 Å². The van der Waals surface area contributed by atoms with Crippen LogP contribution in [0.3, 0.4) is 0 Å². The minimum Gasteiger partial charge on any atom is -0.329 e. The Labute approximate surface area is 105 Å². The van der Waals surface area contributed by atoms with Gasteiger partial charge in [-0.25, -0.2) is 0 Å². The lowest BCUT2D eigenvalue weighted by Crippen LogP contribution is -2.16. The first-order valence-corrected chi connectivity index (χ1v) is 5.64. The molecule has 0 aliphatic carbocycles. The summed E-state index contributed by atoms with van der Waals surface area (Å²) in [6, 6.07) is 8.65. The number of amides is 1. The Hall–Kier alpha value is -2.36. The fourth-order valence-electron chi connectivity index (χ4n) is 1.78. The van der Waals surface area contributed by atoms with Gasteiger partial charge in [0.05, 0.1) is 0 Å². The number of aryl methyl sites for hydroxylation is 2. The molecule has 18 heavy (non-hydrogen) atoms. The van der Waals surface area contributed by atoms with E-state index in [-0.39, 0.29) is 11.5 Å². The predicted molar refractivity (Wildman–Crippen MR) is 70.9 cm³/mol. The van der Waals surface area contributed by atoms with Crippen LogP contribution in [0, 0.1) is 13.8 Å². The summed E-state index contributed by atoms with van der Waals surface area (Å²) in [5, 5.41) is 2.83. The number of nitrogens with one attached hydrogen (secondary N) is 2. The molecule has 2 rings (SSSR count). The molecule has 1 aromatic carbocycles. The number of rotatable bonds is 2. The van der Waals surface area contributed by atoms with Crippen molar-refractivity contribution >= 4 is 11.6 Å². The highest BCUT2D eigenvalue weighted by Crippen LogP contribution is 2.19. The van der Waals surface area contributed by atoms with Crippen LogP contribution >= 0.6 is 0 Å². The molecule has 0 saturated carbocycles. The van der Waals surface area contributed by atoms with E-state index in [0.29, 0.717) is 5.56 Å². The van der Waals surface area contributed by atoms with E-state index >= 15 is 0 Å². The van der Waals surface area contributed by atoms with Gasteiger partial charge in [-0.2, -0.15) is 0 Å². The molecule has 4 nitrogen and oxygen atoms in total. The molecular weight excluding hydrogens is 228 g/mol. The van der Waals surface area contributed by atoms with E-state index in [1.54, 1.807) is 6.07 Å². The number of carbonyl (C=O) groups excluding carboxylic acids is 1. The molecule has 0 spiro atoms. The van der Waals surface area contributed by atoms with Gasteiger partial charge in [0.2, 0.25) is 5.56 Å². The van der Waals surface area contributed by atoms with Gasteiger partial charge >= 0.3 is 0 Å². The average Bonchev–Trinajstić information content (AvgIpc) is 2.34. The average molecular weight is 242 g/mol. The Bertz CT molecular complexity index is 624. The summed E-state index contributed by atoms with van der Waals surface area (Å²) < 4.78 is 0. The second-order valence-corrected chi connectivity index (χ2v) is 4.16. The van der Waals surface area contributed by atoms with Crippen LogP contribution in [0.5, 0.6) is 0 Å². The maximum atomic E-state index is 12.0. The first kappa shape index (κ1) is 12.1. The van der Waals surface area contributed by atoms with Crippen molar-refractivity contribution in [2.24, 2.45) is 0 Å². The van der Waals surface area contributed by atoms with Gasteiger partial charge in [0.15, 0.2) is 0 Å². The molecule has 2 N–H and O–H groups in total. The molecule has 0 fully saturated rings. The fourth-order valence-corrected chi connectivity index (χ4v) is 1.78. The molecule has 0 aliphatic heterocycles. The van der Waals surface area contributed by atoms with E-state index in [1.165, 1.54) is 12.3 Å². The van der Waals surface area contributed by atoms with Crippen molar-refractivity contribution in [1.29, 1.82) is 0 Å². The van der Waals surface area contributed by atoms with Crippen LogP contribution in [0.2, 0.25) is 0 Å². The standard InChI is InChI=1S/C14H14N2O2/c1-9-4-3-5-10(2)13(9)16-14(18)11-6-7-15-12(17)8-11/h3-8H,1-2H3,(H,15,17)(H,16,18). The van der Waals surface area contributed by atoms with Crippen molar-refractivity contribution in [3.63, 3.8) is 0 Å². The molecule has 1 amide bonds. The highest BCUT2D eigenvalue weighted by Gasteiger charge is 2.09. The summed E-state index contributed by atoms with van der Waals surface area (Å²) >= 11 is 0. The van der Waals surface area contributed by atoms with Crippen molar-refractivity contribution in [3.05, 3.63) is 63.6 Å². The van der Waals surface area contributed by atoms with Crippen molar-refractivity contribution in [2.75, 3.05) is 5.32 Å². The van der Waals surface area contributed by atoms with E-state index in [2.05, 4.69) is 10.3 Å². The molecule has 92 valence electrons. The van der Waals surface area contributed by atoms with E-state index in [1.807, 2.05) is 32.0 Å². The number of aromatic nitrogens is 1. The second kappa shape index (κ2) is 4.87. The lowest BCUT2D eigenvalue weighted by atomic mass is 10.1. The molecule has 2 aromatic rings. The number of anilines is 1. The monoisotopic (exact) mass is 242 g/mol. The zero-order valence-electron chi connectivity index (χ0n) is 10.3. The maximum absolute atomic E-state index is 12.0. The van der Waals surface area contributed by atoms with Crippen LogP contribution in [0.25, 0.3) is 0 Å². The van der Waals surface area contributed by atoms with Gasteiger partial charge in [-0.3, -0.25) is 9.59 Å². The first-order valence-electron chi connectivity index (χ1n) is 5.64. The lowest BCUT2D eigenvalue weighted by Gasteiger charge is -2.11. The summed E-state index contributed by atoms with van der Waals surface area (Å²) in [4.78, 5) is 25.6. The quantitative estimate of drug-likeness (QED) is 0.848. The number of hydrogen-bond donors (Lipinski definition) is 2. The molecule has 0 atom stereocenters. The number of para-hydroxylation sites is 1. The Morgan fingerprint density at radius 2 is 1.83 bits per heavy atom. The molecule has 0 radical (unpaired) electrons. The topological polar surface area (TPSA) is 62.0 Å². The highest BCUT2D eigenvalue weighted by molar-refractivity contribution is 6.04. The number of pyridine rings is 1. The summed E-state index contributed by atoms with van der Waals surface area (Å²) in [6.07, 6.45) is 1.46. The van der Waals surface area contributed by atoms with E-state index in [9.17, 15) is 9.59 Å². The van der Waals surface area contributed by atoms with Gasteiger partial charge in [-0.1, -0.05) is 18.2 Å². The maximum Gasteiger partial charge on any atom is 0.255 e. The van der Waals surface area contributed by atoms with Crippen LogP contribution in [0.4, 0.5) is 5.69 Å². The van der Waals surface area contributed by atoms with Gasteiger partial charge in [-0.15, -0.1) is 0 Å². The second-order valence-electron chi connectivity index (χ2n) is 4.16. The van der Waals surface area contributed by atoms with Gasteiger partial charge in [0.1, 0.15) is 0 Å². The summed E-state index contributed by atoms with van der Waals surface area (Å²) in [5.41, 5.74) is 2.84. The van der Waals surface area contributed by atoms with Crippen LogP contribution in [-0.4, -0.2) is 10.9 Å². The Morgan fingerprint density at radius 3 is 2.44 bits per heavy atom. The third kappa shape index (κ3) is 2.48. The number of H-pyrrole nitrogens is 1. The highest BCUT2D eigenvalue weighted by atomic mass is 16.2. The van der Waals surface area contributed by atoms with E-state index < -0.39 is 0 Å². The van der Waals surface area contributed by atoms with Crippen molar-refractivity contribution < 1.29 is 4.79 Å². The van der Waals surface area contributed by atoms with E-state index in [4.69, 9.17) is 0 Å². The molecule has 1 heterocycles. The zero-order valence-corrected chi connectivity index (χ0v) is 10.3. The number of carbonyl (C=O) groups is 1. The third-order valence-electron chi connectivity index (χ3n) is 2.76. The number of benzene rings is 1. The molecule has 0 saturated heterocycles. The third-order valence-corrected chi connectivity index (χ3v) is 2.76. The lowest BCUT2D eigenvalue weighted by molar-refractivity contribution is 0.102. The molecule has 0 bridgehead atoms. The first-order chi connectivity index (χ1) is 8.58. The molecule has 0 unspecified atom stereocenters. The molecule has 4 heteroatoms. The summed E-state index contributed by atoms with van der Waals surface area (Å²) in [6.45, 7) is 3.86. The van der Waals surface area contributed by atoms with Crippen LogP contribution < -0.4 is 10.9 Å². The predicted octanol–water partition coefficient (Wildman–Crippen LogP) is 2.24. The Balaban J connectivity index is 2.30. The fraction of sp³-hybridized carbons (Fsp3) is 0.143. The Kier molecular flexibility index (Phi) is 3.28. The smallest absolute Gasteiger partial charge is 0.255 e. The van der Waals surface area contributed by atoms with E-state index in [0.717, 1.165) is 16.8 Å². The molecule has 1 aromatic heterocycles. The van der Waals surface area contributed by atoms with Crippen molar-refractivity contribution in [3.8, 4) is 0 Å². The minimum absolute atomic E-state index is 0.279. The number of aromatic amines is 1. The van der Waals surface area contributed by atoms with Crippen molar-refractivity contribution in [2.45, 2.75) is 13.8 Å². The normalized spacial score (nSPS) is 10.1. The van der Waals surface area contributed by atoms with Gasteiger partial charge in [-0.05, 0) is 31.0 Å². The van der Waals surface area contributed by atoms with Gasteiger partial charge in [0, 0.05) is 23.5 Å². The minimum atomic E-state index is -0.288. The van der Waals surface area contributed by atoms with Crippen LogP contribution in [-0.2, 0) is 0 Å². The molecule has 0 aliphatic rings. The SMILES string of the molecule is Cc1cccc(C)c1NC(=O)c1cc[nH]c(=O)c1. The van der Waals surface area contributed by atoms with Crippen LogP contribution in [0.1, 0.15) is 21.5 Å². The van der Waals surface area contributed by atoms with Crippen molar-refractivity contribution in [1.82, 2.24) is 4.98 Å². The largest absolute Gasteiger partial charge is 0.329 e. The Morgan fingerprint density at radius 1 is 1.17 bits per heavy atom. The number of hydrogen-bond acceptors (Lipinski definition) is 2. The van der Waals surface area contributed by atoms with Crippen LogP contribution in [0.15, 0.2) is 41.3 Å². The summed E-state index contributed by atoms with van der Waals surface area (Å²) in [7, 11) is 0. The van der Waals surface area contributed by atoms with Gasteiger partial charge in [0.25, 0.3) is 5.91 Å². The molecular formula is C14H14N2O2. The zero-order chi connectivity index (χ0) is 13.1. The summed E-state index contributed by atoms with van der Waals surface area (Å²) in [5.74, 6) is -0.279.